The quantitative estimate of drug-likeness (QED) is 0.599. The van der Waals surface area contributed by atoms with E-state index in [0.717, 1.165) is 29.7 Å². The summed E-state index contributed by atoms with van der Waals surface area (Å²) in [5.74, 6) is 1.08. The number of imide groups is 1. The maximum absolute atomic E-state index is 13.1. The van der Waals surface area contributed by atoms with E-state index in [-0.39, 0.29) is 24.4 Å². The molecule has 2 N–H and O–H groups in total. The molecular weight excluding hydrogens is 410 g/mol. The summed E-state index contributed by atoms with van der Waals surface area (Å²) in [7, 11) is 3.11. The molecule has 0 bridgehead atoms. The number of hydrogen-bond acceptors (Lipinski definition) is 5. The zero-order valence-electron chi connectivity index (χ0n) is 19.7. The first-order valence-electron chi connectivity index (χ1n) is 11.3. The average molecular weight is 446 g/mol. The Bertz CT molecular complexity index is 874. The van der Waals surface area contributed by atoms with Crippen LogP contribution in [-0.4, -0.2) is 49.0 Å². The molecule has 1 spiro atoms. The molecule has 3 rings (SSSR count). The van der Waals surface area contributed by atoms with Crippen molar-refractivity contribution in [2.45, 2.75) is 65.0 Å². The average Bonchev–Trinajstić information content (AvgIpc) is 3.01. The molecule has 1 heterocycles. The fourth-order valence-electron chi connectivity index (χ4n) is 4.73. The van der Waals surface area contributed by atoms with Crippen LogP contribution in [0.3, 0.4) is 0 Å². The Morgan fingerprint density at radius 1 is 1.22 bits per heavy atom. The molecule has 1 saturated heterocycles. The van der Waals surface area contributed by atoms with Crippen molar-refractivity contribution >= 4 is 17.8 Å². The normalized spacial score (nSPS) is 23.3. The van der Waals surface area contributed by atoms with Crippen molar-refractivity contribution in [2.75, 3.05) is 20.8 Å². The third-order valence-corrected chi connectivity index (χ3v) is 7.37. The summed E-state index contributed by atoms with van der Waals surface area (Å²) in [4.78, 5) is 39.3. The third kappa shape index (κ3) is 4.69. The monoisotopic (exact) mass is 445 g/mol. The second kappa shape index (κ2) is 9.38. The molecule has 0 aromatic heterocycles. The summed E-state index contributed by atoms with van der Waals surface area (Å²) in [5.41, 5.74) is 0.124. The molecule has 176 valence electrons. The standard InChI is InChI=1S/C24H35N3O5/c1-6-23(2,3)17-9-11-24(12-10-17)21(29)27(22(30)26-24)15-20(28)25-14-16-7-8-18(31-4)13-19(16)32-5/h7-8,13,17H,6,9-12,14-15H2,1-5H3,(H,25,28)(H,26,30). The van der Waals surface area contributed by atoms with Crippen LogP contribution in [0.1, 0.15) is 58.4 Å². The van der Waals surface area contributed by atoms with Gasteiger partial charge in [-0.25, -0.2) is 4.79 Å². The van der Waals surface area contributed by atoms with Gasteiger partial charge < -0.3 is 20.1 Å². The smallest absolute Gasteiger partial charge is 0.325 e. The lowest BCUT2D eigenvalue weighted by molar-refractivity contribution is -0.136. The molecule has 32 heavy (non-hydrogen) atoms. The summed E-state index contributed by atoms with van der Waals surface area (Å²) in [6, 6.07) is 4.83. The van der Waals surface area contributed by atoms with E-state index in [1.807, 2.05) is 0 Å². The zero-order chi connectivity index (χ0) is 23.5. The molecule has 4 amide bonds. The minimum Gasteiger partial charge on any atom is -0.497 e. The molecule has 0 unspecified atom stereocenters. The van der Waals surface area contributed by atoms with Crippen molar-refractivity contribution in [1.82, 2.24) is 15.5 Å². The van der Waals surface area contributed by atoms with E-state index in [9.17, 15) is 14.4 Å². The van der Waals surface area contributed by atoms with Gasteiger partial charge in [0.05, 0.1) is 14.2 Å². The molecule has 2 aliphatic rings. The molecule has 1 aromatic carbocycles. The van der Waals surface area contributed by atoms with E-state index in [2.05, 4.69) is 31.4 Å². The fraction of sp³-hybridized carbons (Fsp3) is 0.625. The van der Waals surface area contributed by atoms with Crippen molar-refractivity contribution in [3.05, 3.63) is 23.8 Å². The van der Waals surface area contributed by atoms with Gasteiger partial charge in [0.25, 0.3) is 5.91 Å². The number of nitrogens with one attached hydrogen (secondary N) is 2. The number of hydrogen-bond donors (Lipinski definition) is 2. The van der Waals surface area contributed by atoms with E-state index < -0.39 is 17.5 Å². The van der Waals surface area contributed by atoms with Crippen molar-refractivity contribution in [3.63, 3.8) is 0 Å². The second-order valence-electron chi connectivity index (χ2n) is 9.47. The molecule has 2 fully saturated rings. The minimum atomic E-state index is -0.864. The van der Waals surface area contributed by atoms with Crippen molar-refractivity contribution in [2.24, 2.45) is 11.3 Å². The lowest BCUT2D eigenvalue weighted by atomic mass is 9.65. The van der Waals surface area contributed by atoms with E-state index in [0.29, 0.717) is 30.3 Å². The lowest BCUT2D eigenvalue weighted by Gasteiger charge is -2.42. The van der Waals surface area contributed by atoms with Crippen molar-refractivity contribution in [1.29, 1.82) is 0 Å². The minimum absolute atomic E-state index is 0.217. The summed E-state index contributed by atoms with van der Waals surface area (Å²) in [6.45, 7) is 6.64. The lowest BCUT2D eigenvalue weighted by Crippen LogP contribution is -2.51. The highest BCUT2D eigenvalue weighted by molar-refractivity contribution is 6.09. The Hall–Kier alpha value is -2.77. The fourth-order valence-corrected chi connectivity index (χ4v) is 4.73. The molecule has 1 aliphatic carbocycles. The third-order valence-electron chi connectivity index (χ3n) is 7.37. The number of carbonyl (C=O) groups is 3. The molecule has 1 aliphatic heterocycles. The Balaban J connectivity index is 1.58. The van der Waals surface area contributed by atoms with Gasteiger partial charge in [-0.05, 0) is 49.1 Å². The van der Waals surface area contributed by atoms with E-state index >= 15 is 0 Å². The molecule has 1 aromatic rings. The van der Waals surface area contributed by atoms with Crippen LogP contribution in [0.2, 0.25) is 0 Å². The van der Waals surface area contributed by atoms with Gasteiger partial charge in [0, 0.05) is 18.2 Å². The molecule has 8 nitrogen and oxygen atoms in total. The van der Waals surface area contributed by atoms with Crippen LogP contribution < -0.4 is 20.1 Å². The Morgan fingerprint density at radius 2 is 1.91 bits per heavy atom. The number of nitrogens with zero attached hydrogens (tertiary/aromatic N) is 1. The summed E-state index contributed by atoms with van der Waals surface area (Å²) in [5, 5.41) is 5.66. The SMILES string of the molecule is CCC(C)(C)C1CCC2(CC1)NC(=O)N(CC(=O)NCc1ccc(OC)cc1OC)C2=O. The summed E-state index contributed by atoms with van der Waals surface area (Å²) in [6.07, 6.45) is 4.10. The topological polar surface area (TPSA) is 97.0 Å². The molecule has 0 atom stereocenters. The van der Waals surface area contributed by atoms with Gasteiger partial charge in [0.2, 0.25) is 5.91 Å². The van der Waals surface area contributed by atoms with E-state index in [4.69, 9.17) is 9.47 Å². The molecule has 0 radical (unpaired) electrons. The Morgan fingerprint density at radius 3 is 2.50 bits per heavy atom. The predicted octanol–water partition coefficient (Wildman–Crippen LogP) is 3.24. The number of urea groups is 1. The van der Waals surface area contributed by atoms with Crippen LogP contribution in [0.15, 0.2) is 18.2 Å². The number of carbonyl (C=O) groups excluding carboxylic acids is 3. The van der Waals surface area contributed by atoms with Crippen LogP contribution in [0, 0.1) is 11.3 Å². The number of amides is 4. The highest BCUT2D eigenvalue weighted by Gasteiger charge is 2.53. The summed E-state index contributed by atoms with van der Waals surface area (Å²) >= 11 is 0. The predicted molar refractivity (Wildman–Crippen MR) is 120 cm³/mol. The van der Waals surface area contributed by atoms with Crippen LogP contribution in [0.25, 0.3) is 0 Å². The van der Waals surface area contributed by atoms with Crippen molar-refractivity contribution < 1.29 is 23.9 Å². The zero-order valence-corrected chi connectivity index (χ0v) is 19.7. The van der Waals surface area contributed by atoms with Gasteiger partial charge in [-0.1, -0.05) is 27.2 Å². The molecule has 8 heteroatoms. The molecular formula is C24H35N3O5. The number of rotatable bonds is 8. The maximum atomic E-state index is 13.1. The number of benzene rings is 1. The number of ether oxygens (including phenoxy) is 2. The van der Waals surface area contributed by atoms with Crippen LogP contribution >= 0.6 is 0 Å². The maximum Gasteiger partial charge on any atom is 0.325 e. The highest BCUT2D eigenvalue weighted by Crippen LogP contribution is 2.45. The van der Waals surface area contributed by atoms with Crippen molar-refractivity contribution in [3.8, 4) is 11.5 Å². The van der Waals surface area contributed by atoms with Crippen LogP contribution in [-0.2, 0) is 16.1 Å². The van der Waals surface area contributed by atoms with Gasteiger partial charge in [0.15, 0.2) is 0 Å². The Kier molecular flexibility index (Phi) is 7.00. The van der Waals surface area contributed by atoms with Gasteiger partial charge in [-0.2, -0.15) is 0 Å². The van der Waals surface area contributed by atoms with Gasteiger partial charge in [-0.15, -0.1) is 0 Å². The first-order chi connectivity index (χ1) is 15.2. The van der Waals surface area contributed by atoms with E-state index in [1.54, 1.807) is 32.4 Å². The number of methoxy groups -OCH3 is 2. The van der Waals surface area contributed by atoms with Gasteiger partial charge >= 0.3 is 6.03 Å². The Labute approximate surface area is 190 Å². The largest absolute Gasteiger partial charge is 0.497 e. The summed E-state index contributed by atoms with van der Waals surface area (Å²) < 4.78 is 10.5. The second-order valence-corrected chi connectivity index (χ2v) is 9.47. The highest BCUT2D eigenvalue weighted by atomic mass is 16.5. The van der Waals surface area contributed by atoms with Gasteiger partial charge in [0.1, 0.15) is 23.6 Å². The van der Waals surface area contributed by atoms with E-state index in [1.165, 1.54) is 0 Å². The van der Waals surface area contributed by atoms with Gasteiger partial charge in [-0.3, -0.25) is 14.5 Å². The first kappa shape index (κ1) is 23.9. The first-order valence-corrected chi connectivity index (χ1v) is 11.3. The van der Waals surface area contributed by atoms with Crippen LogP contribution in [0.5, 0.6) is 11.5 Å². The van der Waals surface area contributed by atoms with Crippen LogP contribution in [0.4, 0.5) is 4.79 Å². The molecule has 1 saturated carbocycles.